The van der Waals surface area contributed by atoms with Gasteiger partial charge >= 0.3 is 12.1 Å². The van der Waals surface area contributed by atoms with Gasteiger partial charge in [-0.1, -0.05) is 35.5 Å². The van der Waals surface area contributed by atoms with E-state index in [1.807, 2.05) is 66.3 Å². The van der Waals surface area contributed by atoms with Crippen LogP contribution in [0.25, 0.3) is 11.3 Å². The first kappa shape index (κ1) is 25.9. The molecule has 1 atom stereocenters. The zero-order valence-electron chi connectivity index (χ0n) is 19.0. The maximum absolute atomic E-state index is 12.7. The lowest BCUT2D eigenvalue weighted by Gasteiger charge is -2.09. The van der Waals surface area contributed by atoms with Crippen LogP contribution in [0.5, 0.6) is 0 Å². The molecule has 3 aromatic rings. The molecule has 35 heavy (non-hydrogen) atoms. The average molecular weight is 489 g/mol. The maximum Gasteiger partial charge on any atom is 0.490 e. The second-order valence-electron chi connectivity index (χ2n) is 8.17. The first-order valence-electron chi connectivity index (χ1n) is 11.0. The highest BCUT2D eigenvalue weighted by molar-refractivity contribution is 6.05. The molecule has 1 unspecified atom stereocenters. The van der Waals surface area contributed by atoms with Crippen LogP contribution < -0.4 is 10.6 Å². The van der Waals surface area contributed by atoms with Gasteiger partial charge in [-0.3, -0.25) is 9.48 Å². The Bertz CT molecular complexity index is 1140. The number of anilines is 1. The number of rotatable bonds is 6. The normalized spacial score (nSPS) is 15.3. The van der Waals surface area contributed by atoms with Crippen molar-refractivity contribution in [3.8, 4) is 11.3 Å². The number of amides is 1. The number of carboxylic acid groups (broad SMARTS) is 1. The Morgan fingerprint density at radius 2 is 1.91 bits per heavy atom. The maximum atomic E-state index is 12.7. The van der Waals surface area contributed by atoms with Crippen LogP contribution in [0.3, 0.4) is 0 Å². The summed E-state index contributed by atoms with van der Waals surface area (Å²) in [6.45, 7) is 5.02. The van der Waals surface area contributed by atoms with Crippen LogP contribution in [0, 0.1) is 12.8 Å². The van der Waals surface area contributed by atoms with E-state index in [1.165, 1.54) is 6.42 Å². The SMILES string of the molecule is Cc1ccc(-c2cn(CCC3CCNC3)nn2)cc1C(=O)Nc1ccccc1.O=C(O)C(F)(F)F. The van der Waals surface area contributed by atoms with Gasteiger partial charge in [0.05, 0.1) is 6.20 Å². The molecule has 1 saturated heterocycles. The molecule has 11 heteroatoms. The molecule has 0 spiro atoms. The van der Waals surface area contributed by atoms with Crippen molar-refractivity contribution in [3.05, 3.63) is 65.9 Å². The van der Waals surface area contributed by atoms with E-state index >= 15 is 0 Å². The fourth-order valence-electron chi connectivity index (χ4n) is 3.56. The molecule has 1 aromatic heterocycles. The number of para-hydroxylation sites is 1. The number of carbonyl (C=O) groups excluding carboxylic acids is 1. The summed E-state index contributed by atoms with van der Waals surface area (Å²) in [4.78, 5) is 21.6. The zero-order chi connectivity index (χ0) is 25.4. The van der Waals surface area contributed by atoms with Crippen molar-refractivity contribution in [3.63, 3.8) is 0 Å². The molecule has 8 nitrogen and oxygen atoms in total. The third-order valence-corrected chi connectivity index (χ3v) is 5.52. The van der Waals surface area contributed by atoms with E-state index in [0.29, 0.717) is 5.56 Å². The topological polar surface area (TPSA) is 109 Å². The predicted molar refractivity (Wildman–Crippen MR) is 124 cm³/mol. The minimum Gasteiger partial charge on any atom is -0.475 e. The first-order chi connectivity index (χ1) is 16.6. The summed E-state index contributed by atoms with van der Waals surface area (Å²) in [6, 6.07) is 15.3. The summed E-state index contributed by atoms with van der Waals surface area (Å²) in [6.07, 6.45) is -0.778. The highest BCUT2D eigenvalue weighted by Crippen LogP contribution is 2.22. The smallest absolute Gasteiger partial charge is 0.475 e. The molecule has 3 N–H and O–H groups in total. The third-order valence-electron chi connectivity index (χ3n) is 5.52. The average Bonchev–Trinajstić information content (AvgIpc) is 3.51. The number of benzene rings is 2. The van der Waals surface area contributed by atoms with Gasteiger partial charge in [0, 0.05) is 23.4 Å². The van der Waals surface area contributed by atoms with Gasteiger partial charge in [0.25, 0.3) is 5.91 Å². The molecule has 0 aliphatic carbocycles. The van der Waals surface area contributed by atoms with Crippen LogP contribution in [0.4, 0.5) is 18.9 Å². The Morgan fingerprint density at radius 3 is 2.54 bits per heavy atom. The molecule has 1 aliphatic heterocycles. The van der Waals surface area contributed by atoms with Crippen LogP contribution in [0.1, 0.15) is 28.8 Å². The molecule has 4 rings (SSSR count). The molecule has 1 aliphatic rings. The number of aromatic nitrogens is 3. The Morgan fingerprint density at radius 1 is 1.20 bits per heavy atom. The van der Waals surface area contributed by atoms with E-state index in [2.05, 4.69) is 20.9 Å². The number of aryl methyl sites for hydroxylation is 2. The molecule has 0 bridgehead atoms. The quantitative estimate of drug-likeness (QED) is 0.480. The van der Waals surface area contributed by atoms with Crippen LogP contribution in [-0.2, 0) is 11.3 Å². The van der Waals surface area contributed by atoms with Gasteiger partial charge < -0.3 is 15.7 Å². The van der Waals surface area contributed by atoms with Gasteiger partial charge in [0.2, 0.25) is 0 Å². The number of aliphatic carboxylic acids is 1. The van der Waals surface area contributed by atoms with Crippen LogP contribution in [-0.4, -0.2) is 51.2 Å². The number of carboxylic acids is 1. The highest BCUT2D eigenvalue weighted by Gasteiger charge is 2.38. The van der Waals surface area contributed by atoms with Crippen LogP contribution >= 0.6 is 0 Å². The number of alkyl halides is 3. The summed E-state index contributed by atoms with van der Waals surface area (Å²) in [5.74, 6) is -2.15. The van der Waals surface area contributed by atoms with Crippen LogP contribution in [0.2, 0.25) is 0 Å². The van der Waals surface area contributed by atoms with E-state index < -0.39 is 12.1 Å². The van der Waals surface area contributed by atoms with E-state index in [0.717, 1.165) is 54.5 Å². The number of carbonyl (C=O) groups is 2. The third kappa shape index (κ3) is 7.64. The fourth-order valence-corrected chi connectivity index (χ4v) is 3.56. The van der Waals surface area contributed by atoms with Crippen molar-refractivity contribution in [2.24, 2.45) is 5.92 Å². The summed E-state index contributed by atoms with van der Waals surface area (Å²) in [7, 11) is 0. The second kappa shape index (κ2) is 11.6. The number of hydrogen-bond donors (Lipinski definition) is 3. The number of nitrogens with one attached hydrogen (secondary N) is 2. The molecule has 1 fully saturated rings. The second-order valence-corrected chi connectivity index (χ2v) is 8.17. The highest BCUT2D eigenvalue weighted by atomic mass is 19.4. The summed E-state index contributed by atoms with van der Waals surface area (Å²) < 4.78 is 33.6. The van der Waals surface area contributed by atoms with Gasteiger partial charge in [-0.15, -0.1) is 5.10 Å². The van der Waals surface area contributed by atoms with Crippen molar-refractivity contribution in [2.45, 2.75) is 32.5 Å². The zero-order valence-corrected chi connectivity index (χ0v) is 19.0. The molecule has 0 radical (unpaired) electrons. The first-order valence-corrected chi connectivity index (χ1v) is 11.0. The van der Waals surface area contributed by atoms with Gasteiger partial charge in [-0.05, 0) is 62.5 Å². The van der Waals surface area contributed by atoms with Gasteiger partial charge in [-0.2, -0.15) is 13.2 Å². The summed E-state index contributed by atoms with van der Waals surface area (Å²) >= 11 is 0. The largest absolute Gasteiger partial charge is 0.490 e. The van der Waals surface area contributed by atoms with E-state index in [1.54, 1.807) is 0 Å². The standard InChI is InChI=1S/C22H25N5O.C2HF3O2/c1-16-7-8-18(13-20(16)22(28)24-19-5-3-2-4-6-19)21-15-27(26-25-21)12-10-17-9-11-23-14-17;3-2(4,5)1(6)7/h2-8,13,15,17,23H,9-12,14H2,1H3,(H,24,28);(H,6,7). The van der Waals surface area contributed by atoms with Crippen molar-refractivity contribution in [2.75, 3.05) is 18.4 Å². The summed E-state index contributed by atoms with van der Waals surface area (Å²) in [5, 5.41) is 22.0. The molecule has 186 valence electrons. The number of hydrogen-bond acceptors (Lipinski definition) is 5. The van der Waals surface area contributed by atoms with Crippen molar-refractivity contribution < 1.29 is 27.9 Å². The minimum absolute atomic E-state index is 0.119. The molecule has 1 amide bonds. The van der Waals surface area contributed by atoms with Gasteiger partial charge in [0.1, 0.15) is 5.69 Å². The molecule has 2 aromatic carbocycles. The Hall–Kier alpha value is -3.73. The molecule has 0 saturated carbocycles. The van der Waals surface area contributed by atoms with Crippen LogP contribution in [0.15, 0.2) is 54.7 Å². The molecular formula is C24H26F3N5O3. The van der Waals surface area contributed by atoms with Crippen molar-refractivity contribution in [1.82, 2.24) is 20.3 Å². The lowest BCUT2D eigenvalue weighted by Crippen LogP contribution is -2.21. The predicted octanol–water partition coefficient (Wildman–Crippen LogP) is 4.14. The fraction of sp³-hybridized carbons (Fsp3) is 0.333. The number of nitrogens with zero attached hydrogens (tertiary/aromatic N) is 3. The molecule has 2 heterocycles. The summed E-state index contributed by atoms with van der Waals surface area (Å²) in [5.41, 5.74) is 4.05. The van der Waals surface area contributed by atoms with Crippen molar-refractivity contribution >= 4 is 17.6 Å². The van der Waals surface area contributed by atoms with E-state index in [9.17, 15) is 18.0 Å². The van der Waals surface area contributed by atoms with Crippen molar-refractivity contribution in [1.29, 1.82) is 0 Å². The Kier molecular flexibility index (Phi) is 8.58. The Labute approximate surface area is 200 Å². The lowest BCUT2D eigenvalue weighted by atomic mass is 10.0. The molecular weight excluding hydrogens is 463 g/mol. The van der Waals surface area contributed by atoms with E-state index in [4.69, 9.17) is 9.90 Å². The lowest BCUT2D eigenvalue weighted by molar-refractivity contribution is -0.192. The van der Waals surface area contributed by atoms with E-state index in [-0.39, 0.29) is 5.91 Å². The number of halogens is 3. The minimum atomic E-state index is -5.08. The van der Waals surface area contributed by atoms with Gasteiger partial charge in [0.15, 0.2) is 0 Å². The van der Waals surface area contributed by atoms with Gasteiger partial charge in [-0.25, -0.2) is 4.79 Å². The Balaban J connectivity index is 0.000000429. The monoisotopic (exact) mass is 489 g/mol.